The van der Waals surface area contributed by atoms with Crippen molar-refractivity contribution >= 4 is 17.0 Å². The van der Waals surface area contributed by atoms with Crippen LogP contribution in [0.15, 0.2) is 35.2 Å². The monoisotopic (exact) mass is 391 g/mol. The van der Waals surface area contributed by atoms with Gasteiger partial charge >= 0.3 is 5.97 Å². The van der Waals surface area contributed by atoms with Crippen LogP contribution in [0.2, 0.25) is 0 Å². The van der Waals surface area contributed by atoms with Crippen LogP contribution >= 0.6 is 0 Å². The van der Waals surface area contributed by atoms with E-state index in [0.717, 1.165) is 33.3 Å². The van der Waals surface area contributed by atoms with Crippen molar-refractivity contribution in [3.63, 3.8) is 0 Å². The lowest BCUT2D eigenvalue weighted by Crippen LogP contribution is -2.05. The summed E-state index contributed by atoms with van der Waals surface area (Å²) < 4.78 is 7.09. The molecule has 8 heteroatoms. The van der Waals surface area contributed by atoms with Crippen molar-refractivity contribution < 1.29 is 14.4 Å². The standard InChI is InChI=1S/C21H21N5O3/c1-4-26-21-16(11-23-26)19(14-7-12(2)9-22-10-14)15(5-6-18(27)28)20(24-21)17-8-13(3)29-25-17/h7-11H,4-6H2,1-3H3,(H,27,28). The smallest absolute Gasteiger partial charge is 0.303 e. The molecule has 29 heavy (non-hydrogen) atoms. The molecule has 0 fully saturated rings. The van der Waals surface area contributed by atoms with Crippen molar-refractivity contribution in [2.24, 2.45) is 0 Å². The Morgan fingerprint density at radius 2 is 2.03 bits per heavy atom. The van der Waals surface area contributed by atoms with Crippen molar-refractivity contribution in [1.29, 1.82) is 0 Å². The van der Waals surface area contributed by atoms with Gasteiger partial charge in [0.25, 0.3) is 0 Å². The van der Waals surface area contributed by atoms with E-state index in [0.29, 0.717) is 30.1 Å². The minimum atomic E-state index is -0.870. The summed E-state index contributed by atoms with van der Waals surface area (Å²) in [7, 11) is 0. The van der Waals surface area contributed by atoms with E-state index in [1.165, 1.54) is 0 Å². The van der Waals surface area contributed by atoms with Crippen molar-refractivity contribution in [3.05, 3.63) is 47.6 Å². The number of aryl methyl sites for hydroxylation is 3. The molecule has 0 spiro atoms. The van der Waals surface area contributed by atoms with Crippen LogP contribution < -0.4 is 0 Å². The van der Waals surface area contributed by atoms with Crippen molar-refractivity contribution in [2.45, 2.75) is 40.2 Å². The first-order valence-electron chi connectivity index (χ1n) is 9.43. The lowest BCUT2D eigenvalue weighted by molar-refractivity contribution is -0.136. The molecule has 4 rings (SSSR count). The summed E-state index contributed by atoms with van der Waals surface area (Å²) in [6, 6.07) is 3.84. The second kappa shape index (κ2) is 7.46. The molecule has 4 aromatic rings. The number of aliphatic carboxylic acids is 1. The molecule has 0 atom stereocenters. The quantitative estimate of drug-likeness (QED) is 0.532. The Morgan fingerprint density at radius 3 is 2.69 bits per heavy atom. The summed E-state index contributed by atoms with van der Waals surface area (Å²) in [6.07, 6.45) is 5.64. The van der Waals surface area contributed by atoms with Gasteiger partial charge in [0.2, 0.25) is 0 Å². The van der Waals surface area contributed by atoms with E-state index in [-0.39, 0.29) is 6.42 Å². The first-order chi connectivity index (χ1) is 14.0. The van der Waals surface area contributed by atoms with Gasteiger partial charge in [-0.3, -0.25) is 9.78 Å². The normalized spacial score (nSPS) is 11.3. The highest BCUT2D eigenvalue weighted by Crippen LogP contribution is 2.37. The summed E-state index contributed by atoms with van der Waals surface area (Å²) in [6.45, 7) is 6.45. The average molecular weight is 391 g/mol. The van der Waals surface area contributed by atoms with Crippen LogP contribution in [0.4, 0.5) is 0 Å². The Bertz CT molecular complexity index is 1210. The van der Waals surface area contributed by atoms with Crippen molar-refractivity contribution in [3.8, 4) is 22.5 Å². The van der Waals surface area contributed by atoms with E-state index in [4.69, 9.17) is 9.51 Å². The Morgan fingerprint density at radius 1 is 1.21 bits per heavy atom. The highest BCUT2D eigenvalue weighted by atomic mass is 16.5. The van der Waals surface area contributed by atoms with Crippen LogP contribution in [-0.4, -0.2) is 36.0 Å². The third kappa shape index (κ3) is 3.49. The van der Waals surface area contributed by atoms with Crippen LogP contribution in [0, 0.1) is 13.8 Å². The maximum atomic E-state index is 11.4. The molecule has 0 unspecified atom stereocenters. The second-order valence-corrected chi connectivity index (χ2v) is 6.98. The average Bonchev–Trinajstić information content (AvgIpc) is 3.30. The molecule has 0 bridgehead atoms. The molecule has 0 amide bonds. The number of carbonyl (C=O) groups is 1. The van der Waals surface area contributed by atoms with E-state index >= 15 is 0 Å². The summed E-state index contributed by atoms with van der Waals surface area (Å²) in [5.74, 6) is -0.209. The van der Waals surface area contributed by atoms with Gasteiger partial charge in [0.15, 0.2) is 5.65 Å². The Kier molecular flexibility index (Phi) is 4.84. The number of hydrogen-bond acceptors (Lipinski definition) is 6. The number of aromatic nitrogens is 5. The maximum absolute atomic E-state index is 11.4. The summed E-state index contributed by atoms with van der Waals surface area (Å²) in [5, 5.41) is 18.8. The molecule has 1 N–H and O–H groups in total. The van der Waals surface area contributed by atoms with Crippen LogP contribution in [0.25, 0.3) is 33.5 Å². The molecule has 8 nitrogen and oxygen atoms in total. The fourth-order valence-corrected chi connectivity index (χ4v) is 3.55. The predicted octanol–water partition coefficient (Wildman–Crippen LogP) is 3.80. The molecule has 0 aliphatic heterocycles. The van der Waals surface area contributed by atoms with Gasteiger partial charge in [-0.1, -0.05) is 5.16 Å². The van der Waals surface area contributed by atoms with Gasteiger partial charge in [0.1, 0.15) is 11.5 Å². The number of nitrogens with zero attached hydrogens (tertiary/aromatic N) is 5. The van der Waals surface area contributed by atoms with Crippen LogP contribution in [0.1, 0.15) is 30.2 Å². The molecule has 0 aromatic carbocycles. The van der Waals surface area contributed by atoms with Gasteiger partial charge in [-0.2, -0.15) is 5.10 Å². The number of carboxylic acids is 1. The number of fused-ring (bicyclic) bond motifs is 1. The summed E-state index contributed by atoms with van der Waals surface area (Å²) in [5.41, 5.74) is 5.52. The fourth-order valence-electron chi connectivity index (χ4n) is 3.55. The Hall–Kier alpha value is -3.55. The van der Waals surface area contributed by atoms with Gasteiger partial charge in [-0.15, -0.1) is 0 Å². The Labute approximate surface area is 167 Å². The zero-order valence-corrected chi connectivity index (χ0v) is 16.5. The first kappa shape index (κ1) is 18.8. The third-order valence-corrected chi connectivity index (χ3v) is 4.81. The molecule has 0 aliphatic rings. The first-order valence-corrected chi connectivity index (χ1v) is 9.43. The molecular weight excluding hydrogens is 370 g/mol. The van der Waals surface area contributed by atoms with Crippen LogP contribution in [-0.2, 0) is 17.8 Å². The molecular formula is C21H21N5O3. The van der Waals surface area contributed by atoms with Crippen LogP contribution in [0.5, 0.6) is 0 Å². The van der Waals surface area contributed by atoms with Gasteiger partial charge in [0.05, 0.1) is 11.9 Å². The zero-order valence-electron chi connectivity index (χ0n) is 16.5. The number of rotatable bonds is 6. The predicted molar refractivity (Wildman–Crippen MR) is 107 cm³/mol. The number of hydrogen-bond donors (Lipinski definition) is 1. The maximum Gasteiger partial charge on any atom is 0.303 e. The van der Waals surface area contributed by atoms with Gasteiger partial charge in [-0.25, -0.2) is 9.67 Å². The van der Waals surface area contributed by atoms with Crippen molar-refractivity contribution in [1.82, 2.24) is 24.9 Å². The van der Waals surface area contributed by atoms with Crippen LogP contribution in [0.3, 0.4) is 0 Å². The van der Waals surface area contributed by atoms with Gasteiger partial charge < -0.3 is 9.63 Å². The molecule has 4 heterocycles. The SMILES string of the molecule is CCn1ncc2c(-c3cncc(C)c3)c(CCC(=O)O)c(-c3cc(C)on3)nc21. The number of carboxylic acid groups (broad SMARTS) is 1. The van der Waals surface area contributed by atoms with E-state index in [1.807, 2.05) is 37.6 Å². The van der Waals surface area contributed by atoms with Crippen molar-refractivity contribution in [2.75, 3.05) is 0 Å². The highest BCUT2D eigenvalue weighted by Gasteiger charge is 2.23. The van der Waals surface area contributed by atoms with E-state index in [9.17, 15) is 9.90 Å². The molecule has 148 valence electrons. The van der Waals surface area contributed by atoms with Gasteiger partial charge in [-0.05, 0) is 44.4 Å². The molecule has 0 saturated carbocycles. The zero-order chi connectivity index (χ0) is 20.5. The van der Waals surface area contributed by atoms with E-state index in [1.54, 1.807) is 18.6 Å². The lowest BCUT2D eigenvalue weighted by atomic mass is 9.92. The Balaban J connectivity index is 2.09. The molecule has 4 aromatic heterocycles. The minimum Gasteiger partial charge on any atom is -0.481 e. The largest absolute Gasteiger partial charge is 0.481 e. The van der Waals surface area contributed by atoms with E-state index < -0.39 is 5.97 Å². The second-order valence-electron chi connectivity index (χ2n) is 6.98. The molecule has 0 saturated heterocycles. The molecule has 0 aliphatic carbocycles. The third-order valence-electron chi connectivity index (χ3n) is 4.81. The molecule has 0 radical (unpaired) electrons. The number of pyridine rings is 2. The summed E-state index contributed by atoms with van der Waals surface area (Å²) >= 11 is 0. The summed E-state index contributed by atoms with van der Waals surface area (Å²) in [4.78, 5) is 20.5. The fraction of sp³-hybridized carbons (Fsp3) is 0.286. The van der Waals surface area contributed by atoms with E-state index in [2.05, 4.69) is 15.2 Å². The minimum absolute atomic E-state index is 0.0226. The lowest BCUT2D eigenvalue weighted by Gasteiger charge is -2.15. The van der Waals surface area contributed by atoms with Gasteiger partial charge in [0, 0.05) is 47.9 Å². The topological polar surface area (TPSA) is 107 Å². The highest BCUT2D eigenvalue weighted by molar-refractivity contribution is 5.97.